The van der Waals surface area contributed by atoms with Crippen LogP contribution in [-0.4, -0.2) is 79.7 Å². The molecule has 14 heteroatoms. The van der Waals surface area contributed by atoms with Crippen LogP contribution in [-0.2, 0) is 24.1 Å². The minimum atomic E-state index is -4.61. The van der Waals surface area contributed by atoms with Gasteiger partial charge in [0.25, 0.3) is 11.8 Å². The van der Waals surface area contributed by atoms with Gasteiger partial charge in [-0.15, -0.1) is 0 Å². The van der Waals surface area contributed by atoms with Crippen LogP contribution in [0, 0.1) is 0 Å². The molecule has 1 heterocycles. The van der Waals surface area contributed by atoms with Gasteiger partial charge in [0.05, 0.1) is 19.3 Å². The highest BCUT2D eigenvalue weighted by atomic mass is 32.2. The maximum Gasteiger partial charge on any atom is 0.362 e. The molecular weight excluding hydrogens is 460 g/mol. The number of benzene rings is 1. The summed E-state index contributed by atoms with van der Waals surface area (Å²) >= 11 is 0. The highest BCUT2D eigenvalue weighted by molar-refractivity contribution is 7.85. The largest absolute Gasteiger partial charge is 0.504 e. The average Bonchev–Trinajstić information content (AvgIpc) is 3.16. The quantitative estimate of drug-likeness (QED) is 0.236. The van der Waals surface area contributed by atoms with E-state index in [1.54, 1.807) is 4.72 Å². The molecule has 13 nitrogen and oxygen atoms in total. The van der Waals surface area contributed by atoms with Crippen molar-refractivity contribution in [3.63, 3.8) is 0 Å². The number of nitrogens with two attached hydrogens (primary N) is 2. The molecule has 1 aromatic carbocycles. The SMILES string of the molecule is COc1cc(C(=O)N2C[C@H](OS(=O)(=O)NC(=O)[C@@H](N)CCCCN)C[C@H]2C(=O)O)ccc1O. The number of rotatable bonds is 11. The Bertz CT molecular complexity index is 985. The van der Waals surface area contributed by atoms with Crippen molar-refractivity contribution in [2.45, 2.75) is 43.9 Å². The molecule has 1 aliphatic heterocycles. The number of methoxy groups -OCH3 is 1. The molecular formula is C19H28N4O9S. The minimum absolute atomic E-state index is 0.00723. The molecule has 33 heavy (non-hydrogen) atoms. The Hall–Kier alpha value is -2.94. The minimum Gasteiger partial charge on any atom is -0.504 e. The Morgan fingerprint density at radius 1 is 1.30 bits per heavy atom. The lowest BCUT2D eigenvalue weighted by Gasteiger charge is -2.21. The molecule has 0 spiro atoms. The van der Waals surface area contributed by atoms with Crippen LogP contribution in [0.25, 0.3) is 0 Å². The number of carboxylic acid groups (broad SMARTS) is 1. The second-order valence-corrected chi connectivity index (χ2v) is 8.77. The van der Waals surface area contributed by atoms with Gasteiger partial charge >= 0.3 is 16.3 Å². The Kier molecular flexibility index (Phi) is 8.99. The second-order valence-electron chi connectivity index (χ2n) is 7.46. The number of carboxylic acids is 1. The summed E-state index contributed by atoms with van der Waals surface area (Å²) in [6, 6.07) is 1.26. The van der Waals surface area contributed by atoms with E-state index in [1.165, 1.54) is 25.3 Å². The summed E-state index contributed by atoms with van der Waals surface area (Å²) in [5, 5.41) is 19.2. The zero-order valence-corrected chi connectivity index (χ0v) is 18.8. The van der Waals surface area contributed by atoms with Gasteiger partial charge in [-0.05, 0) is 37.6 Å². The van der Waals surface area contributed by atoms with E-state index in [1.807, 2.05) is 0 Å². The fourth-order valence-corrected chi connectivity index (χ4v) is 4.29. The van der Waals surface area contributed by atoms with E-state index in [-0.39, 0.29) is 36.4 Å². The highest BCUT2D eigenvalue weighted by Gasteiger charge is 2.42. The normalized spacial score (nSPS) is 19.2. The number of ether oxygens (including phenoxy) is 1. The molecule has 2 rings (SSSR count). The van der Waals surface area contributed by atoms with Gasteiger partial charge < -0.3 is 31.3 Å². The number of likely N-dealkylation sites (tertiary alicyclic amines) is 1. The van der Waals surface area contributed by atoms with Crippen molar-refractivity contribution in [3.05, 3.63) is 23.8 Å². The Balaban J connectivity index is 2.08. The second kappa shape index (κ2) is 11.3. The van der Waals surface area contributed by atoms with Crippen LogP contribution in [0.2, 0.25) is 0 Å². The lowest BCUT2D eigenvalue weighted by molar-refractivity contribution is -0.141. The molecule has 184 valence electrons. The van der Waals surface area contributed by atoms with Crippen molar-refractivity contribution >= 4 is 28.1 Å². The van der Waals surface area contributed by atoms with Crippen LogP contribution in [0.3, 0.4) is 0 Å². The smallest absolute Gasteiger partial charge is 0.362 e. The topological polar surface area (TPSA) is 212 Å². The lowest BCUT2D eigenvalue weighted by Crippen LogP contribution is -2.45. The van der Waals surface area contributed by atoms with Crippen molar-refractivity contribution in [2.24, 2.45) is 11.5 Å². The molecule has 0 aromatic heterocycles. The van der Waals surface area contributed by atoms with E-state index in [9.17, 15) is 33.0 Å². The summed E-state index contributed by atoms with van der Waals surface area (Å²) in [5.41, 5.74) is 11.1. The van der Waals surface area contributed by atoms with Gasteiger partial charge in [0.15, 0.2) is 11.5 Å². The van der Waals surface area contributed by atoms with Crippen LogP contribution in [0.5, 0.6) is 11.5 Å². The third kappa shape index (κ3) is 7.02. The van der Waals surface area contributed by atoms with E-state index >= 15 is 0 Å². The lowest BCUT2D eigenvalue weighted by atomic mass is 10.1. The van der Waals surface area contributed by atoms with Crippen molar-refractivity contribution in [3.8, 4) is 11.5 Å². The number of carbonyl (C=O) groups is 3. The number of nitrogens with zero attached hydrogens (tertiary/aromatic N) is 1. The third-order valence-corrected chi connectivity index (χ3v) is 6.01. The van der Waals surface area contributed by atoms with E-state index < -0.39 is 46.3 Å². The summed E-state index contributed by atoms with van der Waals surface area (Å²) in [6.45, 7) is 0.0466. The van der Waals surface area contributed by atoms with Crippen LogP contribution < -0.4 is 20.9 Å². The first kappa shape index (κ1) is 26.3. The maximum atomic E-state index is 12.9. The number of hydrogen-bond donors (Lipinski definition) is 5. The third-order valence-electron chi connectivity index (χ3n) is 5.03. The number of hydrogen-bond acceptors (Lipinski definition) is 10. The predicted molar refractivity (Wildman–Crippen MR) is 115 cm³/mol. The van der Waals surface area contributed by atoms with E-state index in [2.05, 4.69) is 0 Å². The number of aromatic hydroxyl groups is 1. The summed E-state index contributed by atoms with van der Waals surface area (Å²) < 4.78 is 36.1. The van der Waals surface area contributed by atoms with Crippen LogP contribution in [0.1, 0.15) is 36.0 Å². The van der Waals surface area contributed by atoms with Gasteiger partial charge in [0.2, 0.25) is 0 Å². The number of phenolic OH excluding ortho intramolecular Hbond substituents is 1. The fourth-order valence-electron chi connectivity index (χ4n) is 3.34. The number of unbranched alkanes of at least 4 members (excludes halogenated alkanes) is 1. The monoisotopic (exact) mass is 488 g/mol. The van der Waals surface area contributed by atoms with Crippen LogP contribution in [0.4, 0.5) is 0 Å². The number of amides is 2. The molecule has 0 bridgehead atoms. The van der Waals surface area contributed by atoms with E-state index in [0.717, 1.165) is 4.90 Å². The highest BCUT2D eigenvalue weighted by Crippen LogP contribution is 2.29. The zero-order valence-electron chi connectivity index (χ0n) is 18.0. The predicted octanol–water partition coefficient (Wildman–Crippen LogP) is -1.10. The molecule has 1 aliphatic rings. The number of carbonyl (C=O) groups excluding carboxylic acids is 2. The molecule has 1 saturated heterocycles. The van der Waals surface area contributed by atoms with Gasteiger partial charge in [-0.2, -0.15) is 8.42 Å². The Morgan fingerprint density at radius 3 is 2.61 bits per heavy atom. The van der Waals surface area contributed by atoms with Crippen LogP contribution >= 0.6 is 0 Å². The van der Waals surface area contributed by atoms with Gasteiger partial charge in [-0.25, -0.2) is 13.7 Å². The fraction of sp³-hybridized carbons (Fsp3) is 0.526. The summed E-state index contributed by atoms with van der Waals surface area (Å²) in [4.78, 5) is 37.5. The molecule has 0 saturated carbocycles. The van der Waals surface area contributed by atoms with E-state index in [0.29, 0.717) is 19.4 Å². The van der Waals surface area contributed by atoms with Gasteiger partial charge in [0.1, 0.15) is 6.04 Å². The first-order chi connectivity index (χ1) is 15.5. The summed E-state index contributed by atoms with van der Waals surface area (Å²) in [5.74, 6) is -3.26. The zero-order chi connectivity index (χ0) is 24.8. The standard InChI is InChI=1S/C19H28N4O9S/c1-31-16-8-11(5-6-15(16)24)18(26)23-10-12(9-14(23)19(27)28)32-33(29,30)22-17(25)13(21)4-2-3-7-20/h5-6,8,12-14,24H,2-4,7,9-10,20-21H2,1H3,(H,22,25)(H,27,28)/t12-,13+,14+/m1/s1. The van der Waals surface area contributed by atoms with Gasteiger partial charge in [-0.3, -0.25) is 9.59 Å². The van der Waals surface area contributed by atoms with Gasteiger partial charge in [0, 0.05) is 18.5 Å². The molecule has 0 radical (unpaired) electrons. The molecule has 3 atom stereocenters. The number of phenols is 1. The Labute approximate surface area is 190 Å². The molecule has 0 unspecified atom stereocenters. The van der Waals surface area contributed by atoms with E-state index in [4.69, 9.17) is 20.4 Å². The Morgan fingerprint density at radius 2 is 2.00 bits per heavy atom. The maximum absolute atomic E-state index is 12.9. The number of nitrogens with one attached hydrogen (secondary N) is 1. The summed E-state index contributed by atoms with van der Waals surface area (Å²) in [7, 11) is -3.32. The summed E-state index contributed by atoms with van der Waals surface area (Å²) in [6.07, 6.45) is -0.156. The van der Waals surface area contributed by atoms with Gasteiger partial charge in [-0.1, -0.05) is 6.42 Å². The molecule has 1 fully saturated rings. The molecule has 0 aliphatic carbocycles. The first-order valence-electron chi connectivity index (χ1n) is 10.1. The van der Waals surface area contributed by atoms with Crippen molar-refractivity contribution in [2.75, 3.05) is 20.2 Å². The van der Waals surface area contributed by atoms with Crippen LogP contribution in [0.15, 0.2) is 18.2 Å². The molecule has 7 N–H and O–H groups in total. The average molecular weight is 489 g/mol. The van der Waals surface area contributed by atoms with Crippen molar-refractivity contribution in [1.29, 1.82) is 0 Å². The first-order valence-corrected chi connectivity index (χ1v) is 11.5. The molecule has 2 amide bonds. The number of aliphatic carboxylic acids is 1. The van der Waals surface area contributed by atoms with Crippen molar-refractivity contribution < 1.29 is 41.9 Å². The molecule has 1 aromatic rings. The van der Waals surface area contributed by atoms with Crippen molar-refractivity contribution in [1.82, 2.24) is 9.62 Å².